The molecule has 4 aromatic rings. The SMILES string of the molecule is c1ccc(C(CCN2CCC(c3ccccc3)(c3nn[nH]n3)CC2)c2ccccc2)cc1. The number of rotatable bonds is 7. The predicted molar refractivity (Wildman–Crippen MR) is 126 cm³/mol. The normalized spacial score (nSPS) is 16.3. The molecule has 1 N–H and O–H groups in total. The first kappa shape index (κ1) is 20.6. The Labute approximate surface area is 189 Å². The Bertz CT molecular complexity index is 1030. The van der Waals surface area contributed by atoms with Crippen molar-refractivity contribution >= 4 is 0 Å². The molecule has 1 fully saturated rings. The molecule has 0 unspecified atom stereocenters. The van der Waals surface area contributed by atoms with Crippen LogP contribution in [0.3, 0.4) is 0 Å². The molecule has 1 aliphatic rings. The van der Waals surface area contributed by atoms with Gasteiger partial charge in [-0.25, -0.2) is 0 Å². The Morgan fingerprint density at radius 1 is 0.781 bits per heavy atom. The van der Waals surface area contributed by atoms with E-state index in [0.29, 0.717) is 5.92 Å². The van der Waals surface area contributed by atoms with Gasteiger partial charge in [0.05, 0.1) is 5.41 Å². The highest BCUT2D eigenvalue weighted by atomic mass is 15.5. The molecular formula is C27H29N5. The predicted octanol–water partition coefficient (Wildman–Crippen LogP) is 4.80. The number of hydrogen-bond donors (Lipinski definition) is 1. The van der Waals surface area contributed by atoms with Crippen molar-refractivity contribution in [3.8, 4) is 0 Å². The molecule has 162 valence electrons. The molecule has 32 heavy (non-hydrogen) atoms. The van der Waals surface area contributed by atoms with Crippen LogP contribution in [0.4, 0.5) is 0 Å². The van der Waals surface area contributed by atoms with E-state index in [0.717, 1.165) is 44.7 Å². The summed E-state index contributed by atoms with van der Waals surface area (Å²) in [7, 11) is 0. The second kappa shape index (κ2) is 9.45. The van der Waals surface area contributed by atoms with Gasteiger partial charge in [-0.1, -0.05) is 96.2 Å². The minimum Gasteiger partial charge on any atom is -0.303 e. The molecule has 0 aliphatic carbocycles. The Kier molecular flexibility index (Phi) is 6.08. The molecule has 5 rings (SSSR count). The summed E-state index contributed by atoms with van der Waals surface area (Å²) in [6.07, 6.45) is 3.10. The average molecular weight is 424 g/mol. The van der Waals surface area contributed by atoms with Gasteiger partial charge < -0.3 is 4.90 Å². The zero-order chi connectivity index (χ0) is 21.6. The van der Waals surface area contributed by atoms with Gasteiger partial charge in [0.1, 0.15) is 0 Å². The van der Waals surface area contributed by atoms with E-state index in [1.807, 2.05) is 0 Å². The quantitative estimate of drug-likeness (QED) is 0.464. The summed E-state index contributed by atoms with van der Waals surface area (Å²) >= 11 is 0. The Hall–Kier alpha value is -3.31. The highest BCUT2D eigenvalue weighted by Gasteiger charge is 2.41. The summed E-state index contributed by atoms with van der Waals surface area (Å²) in [6.45, 7) is 3.13. The van der Waals surface area contributed by atoms with Crippen molar-refractivity contribution in [1.29, 1.82) is 0 Å². The monoisotopic (exact) mass is 423 g/mol. The van der Waals surface area contributed by atoms with Crippen LogP contribution in [0.5, 0.6) is 0 Å². The van der Waals surface area contributed by atoms with Crippen molar-refractivity contribution in [3.63, 3.8) is 0 Å². The number of benzene rings is 3. The van der Waals surface area contributed by atoms with Gasteiger partial charge in [-0.15, -0.1) is 10.2 Å². The number of likely N-dealkylation sites (tertiary alicyclic amines) is 1. The van der Waals surface area contributed by atoms with E-state index >= 15 is 0 Å². The molecule has 5 heteroatoms. The lowest BCUT2D eigenvalue weighted by molar-refractivity contribution is 0.171. The zero-order valence-corrected chi connectivity index (χ0v) is 18.3. The third-order valence-electron chi connectivity index (χ3n) is 6.95. The van der Waals surface area contributed by atoms with Gasteiger partial charge >= 0.3 is 0 Å². The van der Waals surface area contributed by atoms with Crippen LogP contribution in [0.15, 0.2) is 91.0 Å². The third kappa shape index (κ3) is 4.21. The number of piperidine rings is 1. The van der Waals surface area contributed by atoms with Crippen molar-refractivity contribution in [3.05, 3.63) is 114 Å². The van der Waals surface area contributed by atoms with E-state index < -0.39 is 0 Å². The molecule has 3 aromatic carbocycles. The summed E-state index contributed by atoms with van der Waals surface area (Å²) < 4.78 is 0. The van der Waals surface area contributed by atoms with Gasteiger partial charge in [-0.3, -0.25) is 0 Å². The number of aromatic nitrogens is 4. The summed E-state index contributed by atoms with van der Waals surface area (Å²) in [5.74, 6) is 1.23. The number of aromatic amines is 1. The molecule has 1 saturated heterocycles. The highest BCUT2D eigenvalue weighted by molar-refractivity contribution is 5.34. The van der Waals surface area contributed by atoms with Crippen molar-refractivity contribution in [2.75, 3.05) is 19.6 Å². The first-order valence-corrected chi connectivity index (χ1v) is 11.5. The molecule has 2 heterocycles. The van der Waals surface area contributed by atoms with Crippen LogP contribution in [-0.4, -0.2) is 45.2 Å². The van der Waals surface area contributed by atoms with E-state index in [1.165, 1.54) is 16.7 Å². The standard InChI is InChI=1S/C27H29N5/c1-4-10-22(11-5-1)25(23-12-6-2-7-13-23)16-19-32-20-17-27(18-21-32,26-28-30-31-29-26)24-14-8-3-9-15-24/h1-15,25H,16-21H2,(H,28,29,30,31). The maximum Gasteiger partial charge on any atom is 0.185 e. The summed E-state index contributed by atoms with van der Waals surface area (Å²) in [6, 6.07) is 32.5. The molecule has 1 aromatic heterocycles. The Morgan fingerprint density at radius 2 is 1.34 bits per heavy atom. The fraction of sp³-hybridized carbons (Fsp3) is 0.296. The molecular weight excluding hydrogens is 394 g/mol. The molecule has 0 amide bonds. The summed E-state index contributed by atoms with van der Waals surface area (Å²) in [5.41, 5.74) is 3.90. The topological polar surface area (TPSA) is 57.7 Å². The number of hydrogen-bond acceptors (Lipinski definition) is 4. The largest absolute Gasteiger partial charge is 0.303 e. The highest BCUT2D eigenvalue weighted by Crippen LogP contribution is 2.40. The number of nitrogens with zero attached hydrogens (tertiary/aromatic N) is 4. The first-order valence-electron chi connectivity index (χ1n) is 11.5. The van der Waals surface area contributed by atoms with E-state index in [-0.39, 0.29) is 5.41 Å². The van der Waals surface area contributed by atoms with E-state index in [2.05, 4.69) is 117 Å². The molecule has 0 atom stereocenters. The van der Waals surface area contributed by atoms with Crippen LogP contribution in [-0.2, 0) is 5.41 Å². The second-order valence-electron chi connectivity index (χ2n) is 8.69. The molecule has 0 saturated carbocycles. The van der Waals surface area contributed by atoms with E-state index in [4.69, 9.17) is 0 Å². The molecule has 0 radical (unpaired) electrons. The molecule has 1 aliphatic heterocycles. The summed E-state index contributed by atoms with van der Waals surface area (Å²) in [4.78, 5) is 2.60. The van der Waals surface area contributed by atoms with Crippen LogP contribution in [0.1, 0.15) is 47.7 Å². The first-order chi connectivity index (χ1) is 15.9. The minimum atomic E-state index is -0.164. The maximum absolute atomic E-state index is 4.40. The van der Waals surface area contributed by atoms with Crippen LogP contribution in [0, 0.1) is 0 Å². The van der Waals surface area contributed by atoms with Gasteiger partial charge in [0.25, 0.3) is 0 Å². The fourth-order valence-electron chi connectivity index (χ4n) is 5.13. The zero-order valence-electron chi connectivity index (χ0n) is 18.3. The average Bonchev–Trinajstić information content (AvgIpc) is 3.42. The lowest BCUT2D eigenvalue weighted by Crippen LogP contribution is -2.44. The lowest BCUT2D eigenvalue weighted by Gasteiger charge is -2.40. The Morgan fingerprint density at radius 3 is 1.88 bits per heavy atom. The lowest BCUT2D eigenvalue weighted by atomic mass is 9.72. The van der Waals surface area contributed by atoms with Gasteiger partial charge in [0.15, 0.2) is 5.82 Å². The van der Waals surface area contributed by atoms with Crippen LogP contribution in [0.25, 0.3) is 0 Å². The smallest absolute Gasteiger partial charge is 0.185 e. The number of tetrazole rings is 1. The van der Waals surface area contributed by atoms with Crippen molar-refractivity contribution in [2.24, 2.45) is 0 Å². The van der Waals surface area contributed by atoms with E-state index in [9.17, 15) is 0 Å². The second-order valence-corrected chi connectivity index (χ2v) is 8.69. The van der Waals surface area contributed by atoms with Gasteiger partial charge in [-0.05, 0) is 55.6 Å². The number of H-pyrrole nitrogens is 1. The molecule has 0 spiro atoms. The molecule has 5 nitrogen and oxygen atoms in total. The summed E-state index contributed by atoms with van der Waals surface area (Å²) in [5, 5.41) is 15.3. The van der Waals surface area contributed by atoms with Crippen molar-refractivity contribution < 1.29 is 0 Å². The van der Waals surface area contributed by atoms with Crippen molar-refractivity contribution in [1.82, 2.24) is 25.5 Å². The minimum absolute atomic E-state index is 0.164. The van der Waals surface area contributed by atoms with E-state index in [1.54, 1.807) is 0 Å². The van der Waals surface area contributed by atoms with Gasteiger partial charge in [-0.2, -0.15) is 5.21 Å². The van der Waals surface area contributed by atoms with Gasteiger partial charge in [0, 0.05) is 5.92 Å². The third-order valence-corrected chi connectivity index (χ3v) is 6.95. The van der Waals surface area contributed by atoms with Gasteiger partial charge in [0.2, 0.25) is 0 Å². The molecule has 0 bridgehead atoms. The Balaban J connectivity index is 1.31. The number of nitrogens with one attached hydrogen (secondary N) is 1. The van der Waals surface area contributed by atoms with Crippen LogP contribution in [0.2, 0.25) is 0 Å². The fourth-order valence-corrected chi connectivity index (χ4v) is 5.13. The van der Waals surface area contributed by atoms with Crippen LogP contribution < -0.4 is 0 Å². The van der Waals surface area contributed by atoms with Crippen molar-refractivity contribution in [2.45, 2.75) is 30.6 Å². The maximum atomic E-state index is 4.40. The van der Waals surface area contributed by atoms with Crippen LogP contribution >= 0.6 is 0 Å².